The van der Waals surface area contributed by atoms with Crippen LogP contribution in [0.5, 0.6) is 0 Å². The number of aromatic nitrogens is 2. The second-order valence-electron chi connectivity index (χ2n) is 8.01. The van der Waals surface area contributed by atoms with E-state index in [4.69, 9.17) is 9.05 Å². The monoisotopic (exact) mass is 442 g/mol. The maximum atomic E-state index is 12.7. The lowest BCUT2D eigenvalue weighted by Gasteiger charge is -2.17. The minimum absolute atomic E-state index is 0.123. The van der Waals surface area contributed by atoms with E-state index >= 15 is 0 Å². The Labute approximate surface area is 190 Å². The molecule has 1 aliphatic rings. The summed E-state index contributed by atoms with van der Waals surface area (Å²) in [6.45, 7) is 0.274. The molecule has 8 nitrogen and oxygen atoms in total. The van der Waals surface area contributed by atoms with Crippen LogP contribution in [0.25, 0.3) is 22.5 Å². The highest BCUT2D eigenvalue weighted by atomic mass is 16.5. The molecule has 2 aromatic heterocycles. The molecule has 0 spiro atoms. The molecule has 5 rings (SSSR count). The first-order chi connectivity index (χ1) is 16.2. The van der Waals surface area contributed by atoms with Crippen molar-refractivity contribution in [2.45, 2.75) is 18.9 Å². The quantitative estimate of drug-likeness (QED) is 0.428. The predicted octanol–water partition coefficient (Wildman–Crippen LogP) is 3.94. The van der Waals surface area contributed by atoms with Gasteiger partial charge in [-0.1, -0.05) is 71.0 Å². The van der Waals surface area contributed by atoms with Gasteiger partial charge in [-0.2, -0.15) is 0 Å². The van der Waals surface area contributed by atoms with E-state index in [1.165, 1.54) is 0 Å². The van der Waals surface area contributed by atoms with Crippen molar-refractivity contribution in [1.82, 2.24) is 20.9 Å². The molecule has 2 N–H and O–H groups in total. The standard InChI is InChI=1S/C25H22N4O4/c30-24(22-13-19(28-32-22)16-7-3-1-4-8-16)26-15-21(18-11-12-18)27-25(31)23-14-20(29-33-23)17-9-5-2-6-10-17/h1-10,13-14,18,21H,11-12,15H2,(H,26,30)(H,27,31). The zero-order valence-corrected chi connectivity index (χ0v) is 17.7. The van der Waals surface area contributed by atoms with Crippen molar-refractivity contribution < 1.29 is 18.6 Å². The average Bonchev–Trinajstić information content (AvgIpc) is 3.37. The van der Waals surface area contributed by atoms with Gasteiger partial charge in [-0.25, -0.2) is 0 Å². The van der Waals surface area contributed by atoms with Crippen LogP contribution in [0.1, 0.15) is 34.0 Å². The number of rotatable bonds is 8. The Balaban J connectivity index is 1.20. The number of nitrogens with zero attached hydrogens (tertiary/aromatic N) is 2. The molecule has 0 radical (unpaired) electrons. The van der Waals surface area contributed by atoms with Crippen molar-refractivity contribution in [3.63, 3.8) is 0 Å². The Morgan fingerprint density at radius 3 is 1.85 bits per heavy atom. The number of carbonyl (C=O) groups excluding carboxylic acids is 2. The average molecular weight is 442 g/mol. The fraction of sp³-hybridized carbons (Fsp3) is 0.200. The Bertz CT molecular complexity index is 1250. The fourth-order valence-corrected chi connectivity index (χ4v) is 3.62. The van der Waals surface area contributed by atoms with Gasteiger partial charge in [0.25, 0.3) is 11.8 Å². The second-order valence-corrected chi connectivity index (χ2v) is 8.01. The minimum atomic E-state index is -0.379. The van der Waals surface area contributed by atoms with E-state index in [9.17, 15) is 9.59 Å². The van der Waals surface area contributed by atoms with Crippen molar-refractivity contribution in [2.75, 3.05) is 6.54 Å². The third-order valence-corrected chi connectivity index (χ3v) is 5.60. The molecule has 0 aliphatic heterocycles. The van der Waals surface area contributed by atoms with E-state index in [1.807, 2.05) is 60.7 Å². The lowest BCUT2D eigenvalue weighted by atomic mass is 10.1. The van der Waals surface area contributed by atoms with Crippen LogP contribution in [0.15, 0.2) is 81.8 Å². The maximum absolute atomic E-state index is 12.7. The lowest BCUT2D eigenvalue weighted by Crippen LogP contribution is -2.45. The first kappa shape index (κ1) is 20.7. The van der Waals surface area contributed by atoms with Crippen LogP contribution in [0.3, 0.4) is 0 Å². The molecular formula is C25H22N4O4. The molecule has 1 atom stereocenters. The van der Waals surface area contributed by atoms with Gasteiger partial charge in [0.05, 0.1) is 0 Å². The van der Waals surface area contributed by atoms with Crippen LogP contribution in [-0.4, -0.2) is 34.7 Å². The Hall–Kier alpha value is -4.20. The van der Waals surface area contributed by atoms with E-state index in [1.54, 1.807) is 12.1 Å². The van der Waals surface area contributed by atoms with E-state index in [0.29, 0.717) is 17.3 Å². The topological polar surface area (TPSA) is 110 Å². The summed E-state index contributed by atoms with van der Waals surface area (Å²) >= 11 is 0. The number of hydrogen-bond donors (Lipinski definition) is 2. The van der Waals surface area contributed by atoms with E-state index < -0.39 is 0 Å². The van der Waals surface area contributed by atoms with Crippen LogP contribution >= 0.6 is 0 Å². The first-order valence-corrected chi connectivity index (χ1v) is 10.8. The number of nitrogens with one attached hydrogen (secondary N) is 2. The molecule has 0 saturated heterocycles. The molecule has 33 heavy (non-hydrogen) atoms. The third kappa shape index (κ3) is 4.85. The smallest absolute Gasteiger partial charge is 0.290 e. The Kier molecular flexibility index (Phi) is 5.72. The molecule has 1 fully saturated rings. The molecule has 4 aromatic rings. The highest BCUT2D eigenvalue weighted by Gasteiger charge is 2.33. The highest BCUT2D eigenvalue weighted by Crippen LogP contribution is 2.32. The summed E-state index contributed by atoms with van der Waals surface area (Å²) in [5, 5.41) is 13.8. The number of amides is 2. The molecule has 1 unspecified atom stereocenters. The van der Waals surface area contributed by atoms with Crippen LogP contribution < -0.4 is 10.6 Å². The van der Waals surface area contributed by atoms with Gasteiger partial charge in [-0.15, -0.1) is 0 Å². The molecular weight excluding hydrogens is 420 g/mol. The summed E-state index contributed by atoms with van der Waals surface area (Å²) in [6.07, 6.45) is 1.99. The minimum Gasteiger partial charge on any atom is -0.350 e. The second kappa shape index (κ2) is 9.12. The molecule has 1 saturated carbocycles. The zero-order chi connectivity index (χ0) is 22.6. The van der Waals surface area contributed by atoms with E-state index in [-0.39, 0.29) is 35.9 Å². The van der Waals surface area contributed by atoms with Crippen molar-refractivity contribution in [1.29, 1.82) is 0 Å². The number of hydrogen-bond acceptors (Lipinski definition) is 6. The highest BCUT2D eigenvalue weighted by molar-refractivity contribution is 5.93. The summed E-state index contributed by atoms with van der Waals surface area (Å²) in [7, 11) is 0. The SMILES string of the molecule is O=C(NCC(NC(=O)c1cc(-c2ccccc2)no1)C1CC1)c1cc(-c2ccccc2)no1. The van der Waals surface area contributed by atoms with Crippen molar-refractivity contribution in [3.8, 4) is 22.5 Å². The third-order valence-electron chi connectivity index (χ3n) is 5.60. The van der Waals surface area contributed by atoms with Gasteiger partial charge < -0.3 is 19.7 Å². The van der Waals surface area contributed by atoms with Crippen LogP contribution in [0.2, 0.25) is 0 Å². The molecule has 2 heterocycles. The predicted molar refractivity (Wildman–Crippen MR) is 120 cm³/mol. The normalized spacial score (nSPS) is 13.9. The number of benzene rings is 2. The summed E-state index contributed by atoms with van der Waals surface area (Å²) in [4.78, 5) is 25.3. The molecule has 2 amide bonds. The maximum Gasteiger partial charge on any atom is 0.290 e. The lowest BCUT2D eigenvalue weighted by molar-refractivity contribution is 0.0866. The molecule has 2 aromatic carbocycles. The Morgan fingerprint density at radius 2 is 1.33 bits per heavy atom. The number of carbonyl (C=O) groups is 2. The van der Waals surface area contributed by atoms with Gasteiger partial charge in [-0.05, 0) is 18.8 Å². The van der Waals surface area contributed by atoms with Crippen LogP contribution in [0.4, 0.5) is 0 Å². The van der Waals surface area contributed by atoms with Crippen molar-refractivity contribution >= 4 is 11.8 Å². The van der Waals surface area contributed by atoms with Crippen LogP contribution in [0, 0.1) is 5.92 Å². The van der Waals surface area contributed by atoms with Gasteiger partial charge in [0.2, 0.25) is 11.5 Å². The van der Waals surface area contributed by atoms with Gasteiger partial charge >= 0.3 is 0 Å². The Morgan fingerprint density at radius 1 is 0.818 bits per heavy atom. The molecule has 1 aliphatic carbocycles. The van der Waals surface area contributed by atoms with Gasteiger partial charge in [0.15, 0.2) is 0 Å². The fourth-order valence-electron chi connectivity index (χ4n) is 3.62. The summed E-state index contributed by atoms with van der Waals surface area (Å²) in [5.74, 6) is -0.177. The van der Waals surface area contributed by atoms with Gasteiger partial charge in [0, 0.05) is 35.8 Å². The summed E-state index contributed by atoms with van der Waals surface area (Å²) in [5.41, 5.74) is 2.92. The molecule has 166 valence electrons. The molecule has 8 heteroatoms. The van der Waals surface area contributed by atoms with E-state index in [0.717, 1.165) is 24.0 Å². The van der Waals surface area contributed by atoms with Crippen LogP contribution in [-0.2, 0) is 0 Å². The largest absolute Gasteiger partial charge is 0.350 e. The van der Waals surface area contributed by atoms with Gasteiger partial charge in [-0.3, -0.25) is 9.59 Å². The first-order valence-electron chi connectivity index (χ1n) is 10.8. The summed E-state index contributed by atoms with van der Waals surface area (Å²) < 4.78 is 10.5. The molecule has 0 bridgehead atoms. The van der Waals surface area contributed by atoms with Crippen molar-refractivity contribution in [2.24, 2.45) is 5.92 Å². The van der Waals surface area contributed by atoms with Gasteiger partial charge in [0.1, 0.15) is 11.4 Å². The zero-order valence-electron chi connectivity index (χ0n) is 17.7. The van der Waals surface area contributed by atoms with E-state index in [2.05, 4.69) is 20.9 Å². The summed E-state index contributed by atoms with van der Waals surface area (Å²) in [6, 6.07) is 22.0. The van der Waals surface area contributed by atoms with Crippen molar-refractivity contribution in [3.05, 3.63) is 84.3 Å².